The summed E-state index contributed by atoms with van der Waals surface area (Å²) in [5.74, 6) is -1.41. The Bertz CT molecular complexity index is 1460. The van der Waals surface area contributed by atoms with Gasteiger partial charge < -0.3 is 10.4 Å². The van der Waals surface area contributed by atoms with E-state index in [2.05, 4.69) is 10.4 Å². The lowest BCUT2D eigenvalue weighted by Crippen LogP contribution is -2.25. The molecule has 1 aromatic heterocycles. The van der Waals surface area contributed by atoms with Gasteiger partial charge in [-0.3, -0.25) is 14.3 Å². The van der Waals surface area contributed by atoms with Gasteiger partial charge >= 0.3 is 12.1 Å². The molecule has 3 aromatic carbocycles. The van der Waals surface area contributed by atoms with E-state index in [-0.39, 0.29) is 19.5 Å². The first-order valence-corrected chi connectivity index (χ1v) is 12.0. The lowest BCUT2D eigenvalue weighted by Gasteiger charge is -2.11. The molecule has 196 valence electrons. The molecule has 10 heteroatoms. The van der Waals surface area contributed by atoms with Gasteiger partial charge in [0.2, 0.25) is 0 Å². The number of nitrogens with zero attached hydrogens (tertiary/aromatic N) is 2. The topological polar surface area (TPSA) is 84.2 Å². The summed E-state index contributed by atoms with van der Waals surface area (Å²) in [6.45, 7) is 2.13. The van der Waals surface area contributed by atoms with E-state index < -0.39 is 23.6 Å². The molecule has 6 nitrogen and oxygen atoms in total. The Morgan fingerprint density at radius 2 is 1.74 bits per heavy atom. The lowest BCUT2D eigenvalue weighted by molar-refractivity contribution is -0.138. The van der Waals surface area contributed by atoms with Gasteiger partial charge in [-0.25, -0.2) is 0 Å². The molecule has 0 bridgehead atoms. The van der Waals surface area contributed by atoms with Gasteiger partial charge in [-0.05, 0) is 66.6 Å². The molecule has 38 heavy (non-hydrogen) atoms. The van der Waals surface area contributed by atoms with Crippen molar-refractivity contribution >= 4 is 23.5 Å². The number of aryl methyl sites for hydroxylation is 1. The summed E-state index contributed by atoms with van der Waals surface area (Å²) in [6, 6.07) is 18.9. The van der Waals surface area contributed by atoms with E-state index in [0.29, 0.717) is 27.5 Å². The molecule has 0 unspecified atom stereocenters. The van der Waals surface area contributed by atoms with Crippen LogP contribution in [0.1, 0.15) is 33.5 Å². The molecule has 0 radical (unpaired) electrons. The highest BCUT2D eigenvalue weighted by molar-refractivity contribution is 6.30. The van der Waals surface area contributed by atoms with E-state index >= 15 is 0 Å². The van der Waals surface area contributed by atoms with Crippen LogP contribution in [-0.4, -0.2) is 33.3 Å². The second kappa shape index (κ2) is 11.1. The second-order valence-electron chi connectivity index (χ2n) is 8.76. The molecular formula is C28H23ClF3N3O3. The Balaban J connectivity index is 1.67. The van der Waals surface area contributed by atoms with Crippen molar-refractivity contribution in [2.75, 3.05) is 6.54 Å². The van der Waals surface area contributed by atoms with Crippen LogP contribution < -0.4 is 5.32 Å². The van der Waals surface area contributed by atoms with Gasteiger partial charge in [0.1, 0.15) is 0 Å². The van der Waals surface area contributed by atoms with Crippen LogP contribution in [0.4, 0.5) is 13.2 Å². The standard InChI is InChI=1S/C28H23ClF3N3O3/c1-17-11-21(14-23(29)12-17)24-15-25(20-3-2-4-22(13-20)28(30,31)32)35(34-24)16-18-5-7-19(8-6-18)27(38)33-10-9-26(36)37/h2-8,11-15H,9-10,16H2,1H3,(H,33,38)(H,36,37). The fraction of sp³-hybridized carbons (Fsp3) is 0.179. The average molecular weight is 542 g/mol. The maximum Gasteiger partial charge on any atom is 0.416 e. The van der Waals surface area contributed by atoms with Gasteiger partial charge in [-0.2, -0.15) is 18.3 Å². The Labute approximate surface area is 221 Å². The number of alkyl halides is 3. The van der Waals surface area contributed by atoms with Crippen molar-refractivity contribution in [2.24, 2.45) is 0 Å². The highest BCUT2D eigenvalue weighted by atomic mass is 35.5. The van der Waals surface area contributed by atoms with Crippen LogP contribution in [0.2, 0.25) is 5.02 Å². The number of carboxylic acid groups (broad SMARTS) is 1. The third-order valence-electron chi connectivity index (χ3n) is 5.78. The first-order chi connectivity index (χ1) is 18.0. The number of hydrogen-bond donors (Lipinski definition) is 2. The Hall–Kier alpha value is -4.11. The van der Waals surface area contributed by atoms with Crippen LogP contribution in [0.25, 0.3) is 22.5 Å². The fourth-order valence-corrected chi connectivity index (χ4v) is 4.26. The second-order valence-corrected chi connectivity index (χ2v) is 9.20. The van der Waals surface area contributed by atoms with Crippen molar-refractivity contribution in [3.8, 4) is 22.5 Å². The molecule has 0 fully saturated rings. The maximum atomic E-state index is 13.4. The molecular weight excluding hydrogens is 519 g/mol. The molecule has 1 heterocycles. The number of carbonyl (C=O) groups is 2. The average Bonchev–Trinajstić information content (AvgIpc) is 3.27. The molecule has 4 aromatic rings. The normalized spacial score (nSPS) is 11.4. The first kappa shape index (κ1) is 26.9. The Morgan fingerprint density at radius 3 is 2.39 bits per heavy atom. The summed E-state index contributed by atoms with van der Waals surface area (Å²) in [4.78, 5) is 22.9. The molecule has 0 saturated carbocycles. The summed E-state index contributed by atoms with van der Waals surface area (Å²) in [7, 11) is 0. The number of benzene rings is 3. The highest BCUT2D eigenvalue weighted by Crippen LogP contribution is 2.34. The van der Waals surface area contributed by atoms with Gasteiger partial charge in [0.05, 0.1) is 29.9 Å². The minimum Gasteiger partial charge on any atom is -0.481 e. The van der Waals surface area contributed by atoms with E-state index in [1.807, 2.05) is 13.0 Å². The van der Waals surface area contributed by atoms with Crippen molar-refractivity contribution in [3.63, 3.8) is 0 Å². The van der Waals surface area contributed by atoms with E-state index in [1.54, 1.807) is 53.2 Å². The largest absolute Gasteiger partial charge is 0.481 e. The Morgan fingerprint density at radius 1 is 1.00 bits per heavy atom. The lowest BCUT2D eigenvalue weighted by atomic mass is 10.0. The number of amides is 1. The molecule has 0 aliphatic carbocycles. The predicted octanol–water partition coefficient (Wildman–Crippen LogP) is 6.45. The molecule has 4 rings (SSSR count). The third-order valence-corrected chi connectivity index (χ3v) is 5.99. The summed E-state index contributed by atoms with van der Waals surface area (Å²) < 4.78 is 41.8. The van der Waals surface area contributed by atoms with Crippen LogP contribution in [0.5, 0.6) is 0 Å². The van der Waals surface area contributed by atoms with Crippen LogP contribution in [0.15, 0.2) is 72.8 Å². The highest BCUT2D eigenvalue weighted by Gasteiger charge is 2.30. The zero-order valence-corrected chi connectivity index (χ0v) is 21.0. The molecule has 0 saturated heterocycles. The van der Waals surface area contributed by atoms with Crippen LogP contribution >= 0.6 is 11.6 Å². The molecule has 0 spiro atoms. The first-order valence-electron chi connectivity index (χ1n) is 11.6. The van der Waals surface area contributed by atoms with Gasteiger partial charge in [0, 0.05) is 28.3 Å². The van der Waals surface area contributed by atoms with Gasteiger partial charge in [-0.1, -0.05) is 35.9 Å². The zero-order valence-electron chi connectivity index (χ0n) is 20.2. The minimum absolute atomic E-state index is 0.00923. The number of aromatic nitrogens is 2. The number of carboxylic acids is 1. The van der Waals surface area contributed by atoms with E-state index in [0.717, 1.165) is 28.8 Å². The van der Waals surface area contributed by atoms with E-state index in [4.69, 9.17) is 16.7 Å². The number of halogens is 4. The molecule has 0 aliphatic heterocycles. The van der Waals surface area contributed by atoms with Crippen LogP contribution in [-0.2, 0) is 17.5 Å². The molecule has 0 atom stereocenters. The monoisotopic (exact) mass is 541 g/mol. The summed E-state index contributed by atoms with van der Waals surface area (Å²) >= 11 is 6.23. The van der Waals surface area contributed by atoms with Crippen molar-refractivity contribution in [1.29, 1.82) is 0 Å². The number of hydrogen-bond acceptors (Lipinski definition) is 3. The number of carbonyl (C=O) groups excluding carboxylic acids is 1. The summed E-state index contributed by atoms with van der Waals surface area (Å²) in [5, 5.41) is 16.5. The van der Waals surface area contributed by atoms with Crippen molar-refractivity contribution in [2.45, 2.75) is 26.1 Å². The zero-order chi connectivity index (χ0) is 27.4. The van der Waals surface area contributed by atoms with Crippen LogP contribution in [0, 0.1) is 6.92 Å². The van der Waals surface area contributed by atoms with E-state index in [9.17, 15) is 22.8 Å². The number of nitrogens with one attached hydrogen (secondary N) is 1. The molecule has 2 N–H and O–H groups in total. The maximum absolute atomic E-state index is 13.4. The number of rotatable bonds is 8. The molecule has 0 aliphatic rings. The quantitative estimate of drug-likeness (QED) is 0.268. The predicted molar refractivity (Wildman–Crippen MR) is 138 cm³/mol. The number of aliphatic carboxylic acids is 1. The van der Waals surface area contributed by atoms with E-state index in [1.165, 1.54) is 6.07 Å². The Kier molecular flexibility index (Phi) is 7.87. The van der Waals surface area contributed by atoms with Crippen molar-refractivity contribution in [3.05, 3.63) is 100 Å². The minimum atomic E-state index is -4.49. The third kappa shape index (κ3) is 6.60. The van der Waals surface area contributed by atoms with Gasteiger partial charge in [-0.15, -0.1) is 0 Å². The van der Waals surface area contributed by atoms with Gasteiger partial charge in [0.25, 0.3) is 5.91 Å². The van der Waals surface area contributed by atoms with Crippen LogP contribution in [0.3, 0.4) is 0 Å². The SMILES string of the molecule is Cc1cc(Cl)cc(-c2cc(-c3cccc(C(F)(F)F)c3)n(Cc3ccc(C(=O)NCCC(=O)O)cc3)n2)c1. The smallest absolute Gasteiger partial charge is 0.416 e. The summed E-state index contributed by atoms with van der Waals surface area (Å²) in [5.41, 5.74) is 3.39. The molecule has 1 amide bonds. The van der Waals surface area contributed by atoms with Gasteiger partial charge in [0.15, 0.2) is 0 Å². The van der Waals surface area contributed by atoms with Crippen molar-refractivity contribution in [1.82, 2.24) is 15.1 Å². The fourth-order valence-electron chi connectivity index (χ4n) is 3.97. The van der Waals surface area contributed by atoms with Crippen molar-refractivity contribution < 1.29 is 27.9 Å². The summed E-state index contributed by atoms with van der Waals surface area (Å²) in [6.07, 6.45) is -4.68.